The van der Waals surface area contributed by atoms with Gasteiger partial charge in [0.05, 0.1) is 7.11 Å². The highest BCUT2D eigenvalue weighted by molar-refractivity contribution is 5.87. The Labute approximate surface area is 120 Å². The molecular weight excluding hydrogens is 254 g/mol. The van der Waals surface area contributed by atoms with Gasteiger partial charge in [0, 0.05) is 38.4 Å². The van der Waals surface area contributed by atoms with Crippen molar-refractivity contribution in [3.63, 3.8) is 0 Å². The molecule has 0 radical (unpaired) electrons. The number of ether oxygens (including phenoxy) is 1. The van der Waals surface area contributed by atoms with E-state index >= 15 is 0 Å². The lowest BCUT2D eigenvalue weighted by Gasteiger charge is -2.42. The predicted molar refractivity (Wildman–Crippen MR) is 78.7 cm³/mol. The first-order valence-electron chi connectivity index (χ1n) is 7.19. The molecule has 0 saturated carbocycles. The van der Waals surface area contributed by atoms with Gasteiger partial charge in [-0.25, -0.2) is 4.79 Å². The van der Waals surface area contributed by atoms with E-state index in [4.69, 9.17) is 4.74 Å². The SMILES string of the molecule is COC(=O)c1cc(CN2CCN(C)C[C@H]2C(C)C)c[nH]1. The van der Waals surface area contributed by atoms with Gasteiger partial charge in [-0.15, -0.1) is 0 Å². The number of carbonyl (C=O) groups is 1. The van der Waals surface area contributed by atoms with Crippen molar-refractivity contribution in [2.45, 2.75) is 26.4 Å². The van der Waals surface area contributed by atoms with E-state index in [9.17, 15) is 4.79 Å². The number of aromatic nitrogens is 1. The molecule has 1 atom stereocenters. The second-order valence-corrected chi connectivity index (χ2v) is 5.96. The lowest BCUT2D eigenvalue weighted by atomic mass is 9.99. The number of hydrogen-bond acceptors (Lipinski definition) is 4. The van der Waals surface area contributed by atoms with E-state index in [1.807, 2.05) is 12.3 Å². The molecule has 2 rings (SSSR count). The molecule has 1 aromatic heterocycles. The van der Waals surface area contributed by atoms with Gasteiger partial charge in [0.25, 0.3) is 0 Å². The van der Waals surface area contributed by atoms with E-state index < -0.39 is 0 Å². The van der Waals surface area contributed by atoms with Crippen molar-refractivity contribution in [3.05, 3.63) is 23.5 Å². The molecule has 0 aromatic carbocycles. The summed E-state index contributed by atoms with van der Waals surface area (Å²) in [6, 6.07) is 2.45. The van der Waals surface area contributed by atoms with Gasteiger partial charge in [-0.05, 0) is 24.6 Å². The van der Waals surface area contributed by atoms with Crippen LogP contribution in [0.15, 0.2) is 12.3 Å². The molecule has 1 aliphatic rings. The first-order valence-corrected chi connectivity index (χ1v) is 7.19. The van der Waals surface area contributed by atoms with Crippen LogP contribution in [0.3, 0.4) is 0 Å². The molecule has 5 heteroatoms. The molecule has 0 unspecified atom stereocenters. The van der Waals surface area contributed by atoms with Crippen molar-refractivity contribution in [2.75, 3.05) is 33.8 Å². The molecule has 0 aliphatic carbocycles. The van der Waals surface area contributed by atoms with Gasteiger partial charge in [0.1, 0.15) is 5.69 Å². The van der Waals surface area contributed by atoms with E-state index in [0.717, 1.165) is 31.7 Å². The molecule has 1 aliphatic heterocycles. The van der Waals surface area contributed by atoms with Crippen molar-refractivity contribution >= 4 is 5.97 Å². The minimum absolute atomic E-state index is 0.310. The highest BCUT2D eigenvalue weighted by atomic mass is 16.5. The maximum atomic E-state index is 11.5. The summed E-state index contributed by atoms with van der Waals surface area (Å²) in [6.45, 7) is 8.69. The van der Waals surface area contributed by atoms with E-state index in [-0.39, 0.29) is 5.97 Å². The van der Waals surface area contributed by atoms with Crippen LogP contribution in [0.25, 0.3) is 0 Å². The van der Waals surface area contributed by atoms with Crippen LogP contribution in [0.1, 0.15) is 29.9 Å². The third-order valence-corrected chi connectivity index (χ3v) is 4.04. The molecule has 0 bridgehead atoms. The van der Waals surface area contributed by atoms with Crippen molar-refractivity contribution in [3.8, 4) is 0 Å². The topological polar surface area (TPSA) is 48.6 Å². The first-order chi connectivity index (χ1) is 9.51. The van der Waals surface area contributed by atoms with Crippen LogP contribution in [0.2, 0.25) is 0 Å². The van der Waals surface area contributed by atoms with E-state index in [2.05, 4.69) is 35.7 Å². The van der Waals surface area contributed by atoms with Crippen LogP contribution in [0, 0.1) is 5.92 Å². The van der Waals surface area contributed by atoms with Crippen molar-refractivity contribution in [1.29, 1.82) is 0 Å². The molecule has 112 valence electrons. The monoisotopic (exact) mass is 279 g/mol. The summed E-state index contributed by atoms with van der Waals surface area (Å²) < 4.78 is 4.72. The minimum atomic E-state index is -0.310. The Morgan fingerprint density at radius 2 is 2.25 bits per heavy atom. The third-order valence-electron chi connectivity index (χ3n) is 4.04. The Morgan fingerprint density at radius 3 is 2.90 bits per heavy atom. The summed E-state index contributed by atoms with van der Waals surface area (Å²) in [7, 11) is 3.58. The number of carbonyl (C=O) groups excluding carboxylic acids is 1. The van der Waals surface area contributed by atoms with Crippen LogP contribution in [-0.4, -0.2) is 60.6 Å². The number of likely N-dealkylation sites (N-methyl/N-ethyl adjacent to an activating group) is 1. The zero-order chi connectivity index (χ0) is 14.7. The molecule has 1 aromatic rings. The fourth-order valence-corrected chi connectivity index (χ4v) is 2.81. The Morgan fingerprint density at radius 1 is 1.50 bits per heavy atom. The standard InChI is InChI=1S/C15H25N3O2/c1-11(2)14-10-17(3)5-6-18(14)9-12-7-13(16-8-12)15(19)20-4/h7-8,11,14,16H,5-6,9-10H2,1-4H3/t14-/m0/s1. The molecular formula is C15H25N3O2. The van der Waals surface area contributed by atoms with Gasteiger partial charge in [0.2, 0.25) is 0 Å². The molecule has 1 saturated heterocycles. The predicted octanol–water partition coefficient (Wildman–Crippen LogP) is 1.57. The molecule has 1 N–H and O–H groups in total. The van der Waals surface area contributed by atoms with Crippen LogP contribution in [-0.2, 0) is 11.3 Å². The highest BCUT2D eigenvalue weighted by Crippen LogP contribution is 2.19. The van der Waals surface area contributed by atoms with Gasteiger partial charge in [-0.3, -0.25) is 4.90 Å². The molecule has 2 heterocycles. The van der Waals surface area contributed by atoms with Gasteiger partial charge < -0.3 is 14.6 Å². The average Bonchev–Trinajstić information content (AvgIpc) is 2.88. The Balaban J connectivity index is 2.04. The van der Waals surface area contributed by atoms with Gasteiger partial charge >= 0.3 is 5.97 Å². The lowest BCUT2D eigenvalue weighted by molar-refractivity contribution is 0.0569. The maximum absolute atomic E-state index is 11.5. The molecule has 20 heavy (non-hydrogen) atoms. The summed E-state index contributed by atoms with van der Waals surface area (Å²) in [5.41, 5.74) is 1.67. The highest BCUT2D eigenvalue weighted by Gasteiger charge is 2.27. The number of nitrogens with zero attached hydrogens (tertiary/aromatic N) is 2. The quantitative estimate of drug-likeness (QED) is 0.850. The number of rotatable bonds is 4. The fraction of sp³-hybridized carbons (Fsp3) is 0.667. The van der Waals surface area contributed by atoms with Crippen molar-refractivity contribution < 1.29 is 9.53 Å². The van der Waals surface area contributed by atoms with Crippen LogP contribution >= 0.6 is 0 Å². The van der Waals surface area contributed by atoms with E-state index in [1.54, 1.807) is 0 Å². The number of H-pyrrole nitrogens is 1. The number of hydrogen-bond donors (Lipinski definition) is 1. The number of methoxy groups -OCH3 is 1. The van der Waals surface area contributed by atoms with Crippen LogP contribution in [0.4, 0.5) is 0 Å². The number of esters is 1. The second-order valence-electron chi connectivity index (χ2n) is 5.96. The third kappa shape index (κ3) is 3.41. The zero-order valence-electron chi connectivity index (χ0n) is 12.8. The molecule has 0 spiro atoms. The zero-order valence-corrected chi connectivity index (χ0v) is 12.8. The van der Waals surface area contributed by atoms with Gasteiger partial charge in [-0.2, -0.15) is 0 Å². The second kappa shape index (κ2) is 6.41. The van der Waals surface area contributed by atoms with Gasteiger partial charge in [0.15, 0.2) is 0 Å². The van der Waals surface area contributed by atoms with Crippen molar-refractivity contribution in [2.24, 2.45) is 5.92 Å². The Kier molecular flexibility index (Phi) is 4.83. The maximum Gasteiger partial charge on any atom is 0.354 e. The Hall–Kier alpha value is -1.33. The molecule has 5 nitrogen and oxygen atoms in total. The fourth-order valence-electron chi connectivity index (χ4n) is 2.81. The lowest BCUT2D eigenvalue weighted by Crippen LogP contribution is -2.53. The van der Waals surface area contributed by atoms with Crippen molar-refractivity contribution in [1.82, 2.24) is 14.8 Å². The number of nitrogens with one attached hydrogen (secondary N) is 1. The number of piperazine rings is 1. The largest absolute Gasteiger partial charge is 0.464 e. The average molecular weight is 279 g/mol. The first kappa shape index (κ1) is 15.1. The normalized spacial score (nSPS) is 21.4. The molecule has 0 amide bonds. The summed E-state index contributed by atoms with van der Waals surface area (Å²) in [5.74, 6) is 0.312. The van der Waals surface area contributed by atoms with E-state index in [1.165, 1.54) is 7.11 Å². The molecule has 1 fully saturated rings. The van der Waals surface area contributed by atoms with Crippen LogP contribution in [0.5, 0.6) is 0 Å². The minimum Gasteiger partial charge on any atom is -0.464 e. The smallest absolute Gasteiger partial charge is 0.354 e. The van der Waals surface area contributed by atoms with E-state index in [0.29, 0.717) is 17.7 Å². The summed E-state index contributed by atoms with van der Waals surface area (Å²) >= 11 is 0. The van der Waals surface area contributed by atoms with Gasteiger partial charge in [-0.1, -0.05) is 13.8 Å². The summed E-state index contributed by atoms with van der Waals surface area (Å²) in [6.07, 6.45) is 1.90. The summed E-state index contributed by atoms with van der Waals surface area (Å²) in [4.78, 5) is 19.3. The summed E-state index contributed by atoms with van der Waals surface area (Å²) in [5, 5.41) is 0. The Bertz CT molecular complexity index is 456. The van der Waals surface area contributed by atoms with Crippen LogP contribution < -0.4 is 0 Å². The number of aromatic amines is 1.